The van der Waals surface area contributed by atoms with Crippen molar-refractivity contribution in [3.05, 3.63) is 54.0 Å². The number of nitrogens with zero attached hydrogens (tertiary/aromatic N) is 5. The molecule has 32 heavy (non-hydrogen) atoms. The zero-order valence-electron chi connectivity index (χ0n) is 18.1. The first-order chi connectivity index (χ1) is 15.7. The molecule has 2 aromatic heterocycles. The number of aromatic nitrogens is 3. The summed E-state index contributed by atoms with van der Waals surface area (Å²) in [6, 6.07) is 12.1. The Kier molecular flexibility index (Phi) is 5.62. The monoisotopic (exact) mass is 433 g/mol. The highest BCUT2D eigenvalue weighted by atomic mass is 16.3. The molecule has 0 spiro atoms. The van der Waals surface area contributed by atoms with Crippen LogP contribution in [0.25, 0.3) is 11.6 Å². The third-order valence-corrected chi connectivity index (χ3v) is 6.14. The maximum atomic E-state index is 12.0. The van der Waals surface area contributed by atoms with E-state index in [9.17, 15) is 4.79 Å². The summed E-state index contributed by atoms with van der Waals surface area (Å²) in [5.41, 5.74) is 2.47. The summed E-state index contributed by atoms with van der Waals surface area (Å²) in [5, 5.41) is 10.6. The molecule has 2 N–H and O–H groups in total. The Morgan fingerprint density at radius 1 is 1.31 bits per heavy atom. The van der Waals surface area contributed by atoms with Gasteiger partial charge in [0, 0.05) is 44.7 Å². The number of para-hydroxylation sites is 1. The number of guanidine groups is 1. The number of hydrogen-bond donors (Lipinski definition) is 2. The van der Waals surface area contributed by atoms with Crippen LogP contribution in [-0.2, 0) is 11.3 Å². The largest absolute Gasteiger partial charge is 0.461 e. The van der Waals surface area contributed by atoms with E-state index < -0.39 is 0 Å². The molecule has 2 aliphatic heterocycles. The highest BCUT2D eigenvalue weighted by Gasteiger charge is 2.32. The third kappa shape index (κ3) is 3.98. The summed E-state index contributed by atoms with van der Waals surface area (Å²) in [7, 11) is 1.79. The Balaban J connectivity index is 1.26. The molecular formula is C23H27N7O2. The minimum atomic E-state index is 0.284. The van der Waals surface area contributed by atoms with Crippen molar-refractivity contribution >= 4 is 17.6 Å². The van der Waals surface area contributed by atoms with Crippen molar-refractivity contribution in [1.82, 2.24) is 25.4 Å². The smallest absolute Gasteiger partial charge is 0.222 e. The van der Waals surface area contributed by atoms with Gasteiger partial charge in [0.25, 0.3) is 0 Å². The van der Waals surface area contributed by atoms with Crippen molar-refractivity contribution in [2.24, 2.45) is 4.99 Å². The number of likely N-dealkylation sites (tertiary alicyclic amines) is 1. The number of carbonyl (C=O) groups excluding carboxylic acids is 1. The van der Waals surface area contributed by atoms with Crippen molar-refractivity contribution in [3.63, 3.8) is 0 Å². The number of hydrogen-bond acceptors (Lipinski definition) is 5. The lowest BCUT2D eigenvalue weighted by Crippen LogP contribution is -2.41. The first-order valence-corrected chi connectivity index (χ1v) is 11.0. The van der Waals surface area contributed by atoms with Crippen molar-refractivity contribution < 1.29 is 9.21 Å². The second-order valence-corrected chi connectivity index (χ2v) is 8.12. The topological polar surface area (TPSA) is 103 Å². The second-order valence-electron chi connectivity index (χ2n) is 8.12. The zero-order valence-corrected chi connectivity index (χ0v) is 18.1. The predicted molar refractivity (Wildman–Crippen MR) is 121 cm³/mol. The number of H-pyrrole nitrogens is 1. The molecule has 1 unspecified atom stereocenters. The Morgan fingerprint density at radius 2 is 2.22 bits per heavy atom. The highest BCUT2D eigenvalue weighted by molar-refractivity contribution is 5.98. The van der Waals surface area contributed by atoms with E-state index in [1.54, 1.807) is 13.3 Å². The average molecular weight is 434 g/mol. The van der Waals surface area contributed by atoms with E-state index >= 15 is 0 Å². The van der Waals surface area contributed by atoms with Crippen molar-refractivity contribution in [1.29, 1.82) is 0 Å². The fraction of sp³-hybridized carbons (Fsp3) is 0.391. The molecule has 1 saturated heterocycles. The van der Waals surface area contributed by atoms with E-state index in [0.717, 1.165) is 44.1 Å². The van der Waals surface area contributed by atoms with Crippen LogP contribution in [0.15, 0.2) is 52.1 Å². The molecule has 3 aromatic rings. The van der Waals surface area contributed by atoms with Crippen LogP contribution in [0.3, 0.4) is 0 Å². The highest BCUT2D eigenvalue weighted by Crippen LogP contribution is 2.38. The van der Waals surface area contributed by atoms with Crippen LogP contribution in [0.5, 0.6) is 0 Å². The number of benzene rings is 1. The van der Waals surface area contributed by atoms with Crippen molar-refractivity contribution in [2.75, 3.05) is 31.6 Å². The number of fused-ring (bicyclic) bond motifs is 1. The average Bonchev–Trinajstić information content (AvgIpc) is 3.61. The second kappa shape index (κ2) is 8.86. The molecule has 1 fully saturated rings. The number of aromatic amines is 1. The van der Waals surface area contributed by atoms with Gasteiger partial charge in [0.15, 0.2) is 11.7 Å². The molecule has 0 radical (unpaired) electrons. The normalized spacial score (nSPS) is 18.5. The van der Waals surface area contributed by atoms with Gasteiger partial charge in [-0.15, -0.1) is 5.10 Å². The van der Waals surface area contributed by atoms with E-state index in [2.05, 4.69) is 54.7 Å². The van der Waals surface area contributed by atoms with E-state index in [0.29, 0.717) is 36.3 Å². The first kappa shape index (κ1) is 20.3. The molecule has 5 rings (SSSR count). The number of anilines is 1. The van der Waals surface area contributed by atoms with Gasteiger partial charge >= 0.3 is 0 Å². The standard InChI is InChI=1S/C23H27N7O2/c1-24-23(25-14-20-26-22(28-27-20)19-8-5-13-32-19)30-15-16(17-6-2-3-7-18(17)30)10-12-29-11-4-9-21(29)31/h2-3,5-8,13,16H,4,9-12,14-15H2,1H3,(H,24,25)(H,26,27,28). The number of nitrogens with one attached hydrogen (secondary N) is 2. The summed E-state index contributed by atoms with van der Waals surface area (Å²) in [6.45, 7) is 2.99. The van der Waals surface area contributed by atoms with Crippen molar-refractivity contribution in [2.45, 2.75) is 31.7 Å². The van der Waals surface area contributed by atoms with Gasteiger partial charge in [0.2, 0.25) is 11.7 Å². The maximum Gasteiger partial charge on any atom is 0.222 e. The first-order valence-electron chi connectivity index (χ1n) is 11.0. The minimum absolute atomic E-state index is 0.284. The molecule has 9 nitrogen and oxygen atoms in total. The van der Waals surface area contributed by atoms with Gasteiger partial charge in [-0.2, -0.15) is 0 Å². The Labute approximate surface area is 186 Å². The van der Waals surface area contributed by atoms with E-state index in [-0.39, 0.29) is 5.91 Å². The number of carbonyl (C=O) groups is 1. The summed E-state index contributed by atoms with van der Waals surface area (Å²) < 4.78 is 5.36. The Hall–Kier alpha value is -3.62. The zero-order chi connectivity index (χ0) is 21.9. The fourth-order valence-electron chi connectivity index (χ4n) is 4.54. The molecular weight excluding hydrogens is 406 g/mol. The molecule has 0 bridgehead atoms. The quantitative estimate of drug-likeness (QED) is 0.458. The van der Waals surface area contributed by atoms with Gasteiger partial charge in [-0.25, -0.2) is 4.98 Å². The molecule has 1 amide bonds. The molecule has 0 aliphatic carbocycles. The van der Waals surface area contributed by atoms with Crippen LogP contribution in [-0.4, -0.2) is 58.6 Å². The van der Waals surface area contributed by atoms with Crippen LogP contribution >= 0.6 is 0 Å². The molecule has 166 valence electrons. The molecule has 1 aromatic carbocycles. The molecule has 2 aliphatic rings. The number of amides is 1. The molecule has 0 saturated carbocycles. The molecule has 9 heteroatoms. The van der Waals surface area contributed by atoms with Crippen LogP contribution < -0.4 is 10.2 Å². The van der Waals surface area contributed by atoms with E-state index in [4.69, 9.17) is 4.42 Å². The van der Waals surface area contributed by atoms with Crippen LogP contribution in [0.1, 0.15) is 36.6 Å². The van der Waals surface area contributed by atoms with E-state index in [1.807, 2.05) is 17.0 Å². The molecule has 1 atom stereocenters. The summed E-state index contributed by atoms with van der Waals surface area (Å²) in [5.74, 6) is 3.29. The Morgan fingerprint density at radius 3 is 3.00 bits per heavy atom. The number of furan rings is 1. The minimum Gasteiger partial charge on any atom is -0.461 e. The van der Waals surface area contributed by atoms with Gasteiger partial charge < -0.3 is 19.5 Å². The Bertz CT molecular complexity index is 1110. The lowest BCUT2D eigenvalue weighted by Gasteiger charge is -2.23. The van der Waals surface area contributed by atoms with Crippen LogP contribution in [0.4, 0.5) is 5.69 Å². The van der Waals surface area contributed by atoms with Gasteiger partial charge in [-0.3, -0.25) is 14.9 Å². The van der Waals surface area contributed by atoms with Crippen molar-refractivity contribution in [3.8, 4) is 11.6 Å². The lowest BCUT2D eigenvalue weighted by atomic mass is 9.98. The van der Waals surface area contributed by atoms with Gasteiger partial charge in [0.1, 0.15) is 5.82 Å². The third-order valence-electron chi connectivity index (χ3n) is 6.14. The number of aliphatic imine (C=N–C) groups is 1. The van der Waals surface area contributed by atoms with Crippen LogP contribution in [0.2, 0.25) is 0 Å². The van der Waals surface area contributed by atoms with Gasteiger partial charge in [0.05, 0.1) is 12.8 Å². The van der Waals surface area contributed by atoms with Crippen LogP contribution in [0, 0.1) is 0 Å². The predicted octanol–water partition coefficient (Wildman–Crippen LogP) is 2.76. The maximum absolute atomic E-state index is 12.0. The SMILES string of the molecule is CN=C(NCc1nc(-c2ccco2)n[nH]1)N1CC(CCN2CCCC2=O)c2ccccc21. The molecule has 4 heterocycles. The summed E-state index contributed by atoms with van der Waals surface area (Å²) in [4.78, 5) is 25.2. The fourth-order valence-corrected chi connectivity index (χ4v) is 4.54. The summed E-state index contributed by atoms with van der Waals surface area (Å²) >= 11 is 0. The lowest BCUT2D eigenvalue weighted by molar-refractivity contribution is -0.127. The van der Waals surface area contributed by atoms with Gasteiger partial charge in [-0.1, -0.05) is 18.2 Å². The van der Waals surface area contributed by atoms with E-state index in [1.165, 1.54) is 5.56 Å². The van der Waals surface area contributed by atoms with Gasteiger partial charge in [-0.05, 0) is 36.6 Å². The number of rotatable bonds is 6. The summed E-state index contributed by atoms with van der Waals surface area (Å²) in [6.07, 6.45) is 4.22.